The molecular weight excluding hydrogens is 350 g/mol. The van der Waals surface area contributed by atoms with Crippen LogP contribution in [0.2, 0.25) is 0 Å². The third-order valence-corrected chi connectivity index (χ3v) is 5.23. The number of rotatable bonds is 6. The lowest BCUT2D eigenvalue weighted by molar-refractivity contribution is -0.129. The Morgan fingerprint density at radius 3 is 2.18 bits per heavy atom. The number of benzene rings is 2. The summed E-state index contributed by atoms with van der Waals surface area (Å²) in [6.07, 6.45) is 2.27. The number of aryl methyl sites for hydroxylation is 2. The Bertz CT molecular complexity index is 792. The number of anilines is 2. The minimum atomic E-state index is 0.0509. The van der Waals surface area contributed by atoms with Crippen LogP contribution in [0.15, 0.2) is 48.5 Å². The van der Waals surface area contributed by atoms with Crippen LogP contribution in [0, 0.1) is 6.92 Å². The fourth-order valence-electron chi connectivity index (χ4n) is 3.47. The zero-order valence-electron chi connectivity index (χ0n) is 16.8. The Morgan fingerprint density at radius 2 is 1.57 bits per heavy atom. The molecule has 2 amide bonds. The average Bonchev–Trinajstić information content (AvgIpc) is 2.70. The zero-order chi connectivity index (χ0) is 19.9. The minimum absolute atomic E-state index is 0.0509. The van der Waals surface area contributed by atoms with Crippen molar-refractivity contribution >= 4 is 23.2 Å². The molecule has 5 heteroatoms. The second-order valence-corrected chi connectivity index (χ2v) is 7.43. The molecule has 3 rings (SSSR count). The van der Waals surface area contributed by atoms with Crippen molar-refractivity contribution in [1.29, 1.82) is 0 Å². The van der Waals surface area contributed by atoms with Gasteiger partial charge in [-0.1, -0.05) is 29.8 Å². The lowest BCUT2D eigenvalue weighted by atomic mass is 10.1. The van der Waals surface area contributed by atoms with Crippen molar-refractivity contribution in [2.75, 3.05) is 36.4 Å². The SMILES string of the molecule is CC(=O)N1CCN(c2ccc(NC(=O)CCCc3ccc(C)cc3)cc2)CC1. The predicted molar refractivity (Wildman–Crippen MR) is 114 cm³/mol. The maximum atomic E-state index is 12.2. The molecule has 5 nitrogen and oxygen atoms in total. The number of amides is 2. The van der Waals surface area contributed by atoms with E-state index >= 15 is 0 Å². The van der Waals surface area contributed by atoms with Gasteiger partial charge >= 0.3 is 0 Å². The van der Waals surface area contributed by atoms with Gasteiger partial charge in [-0.2, -0.15) is 0 Å². The zero-order valence-corrected chi connectivity index (χ0v) is 16.8. The molecule has 0 radical (unpaired) electrons. The molecule has 1 aliphatic rings. The van der Waals surface area contributed by atoms with E-state index in [0.717, 1.165) is 50.4 Å². The van der Waals surface area contributed by atoms with E-state index in [2.05, 4.69) is 41.4 Å². The molecule has 0 bridgehead atoms. The topological polar surface area (TPSA) is 52.7 Å². The van der Waals surface area contributed by atoms with Gasteiger partial charge in [-0.25, -0.2) is 0 Å². The molecule has 0 aliphatic carbocycles. The molecule has 1 saturated heterocycles. The van der Waals surface area contributed by atoms with E-state index in [1.807, 2.05) is 29.2 Å². The van der Waals surface area contributed by atoms with Crippen LogP contribution in [-0.4, -0.2) is 42.9 Å². The monoisotopic (exact) mass is 379 g/mol. The number of carbonyl (C=O) groups excluding carboxylic acids is 2. The predicted octanol–water partition coefficient (Wildman–Crippen LogP) is 3.62. The van der Waals surface area contributed by atoms with Crippen molar-refractivity contribution in [3.63, 3.8) is 0 Å². The van der Waals surface area contributed by atoms with Gasteiger partial charge in [0, 0.05) is 50.9 Å². The van der Waals surface area contributed by atoms with Gasteiger partial charge in [-0.05, 0) is 49.6 Å². The van der Waals surface area contributed by atoms with E-state index in [1.54, 1.807) is 6.92 Å². The third-order valence-electron chi connectivity index (χ3n) is 5.23. The molecule has 0 aromatic heterocycles. The summed E-state index contributed by atoms with van der Waals surface area (Å²) in [6.45, 7) is 6.89. The highest BCUT2D eigenvalue weighted by molar-refractivity contribution is 5.90. The van der Waals surface area contributed by atoms with E-state index in [-0.39, 0.29) is 11.8 Å². The lowest BCUT2D eigenvalue weighted by Crippen LogP contribution is -2.48. The summed E-state index contributed by atoms with van der Waals surface area (Å²) in [4.78, 5) is 27.8. The maximum Gasteiger partial charge on any atom is 0.224 e. The van der Waals surface area contributed by atoms with Gasteiger partial charge in [0.1, 0.15) is 0 Å². The van der Waals surface area contributed by atoms with Crippen LogP contribution in [0.4, 0.5) is 11.4 Å². The minimum Gasteiger partial charge on any atom is -0.368 e. The summed E-state index contributed by atoms with van der Waals surface area (Å²) >= 11 is 0. The molecule has 0 saturated carbocycles. The summed E-state index contributed by atoms with van der Waals surface area (Å²) in [5.41, 5.74) is 4.48. The Labute approximate surface area is 167 Å². The standard InChI is InChI=1S/C23H29N3O2/c1-18-6-8-20(9-7-18)4-3-5-23(28)24-21-10-12-22(13-11-21)26-16-14-25(15-17-26)19(2)27/h6-13H,3-5,14-17H2,1-2H3,(H,24,28). The van der Waals surface area contributed by atoms with E-state index in [1.165, 1.54) is 11.1 Å². The van der Waals surface area contributed by atoms with Gasteiger partial charge in [0.25, 0.3) is 0 Å². The maximum absolute atomic E-state index is 12.2. The van der Waals surface area contributed by atoms with Gasteiger partial charge in [0.15, 0.2) is 0 Å². The van der Waals surface area contributed by atoms with Crippen molar-refractivity contribution in [2.45, 2.75) is 33.1 Å². The molecule has 1 fully saturated rings. The van der Waals surface area contributed by atoms with Crippen LogP contribution in [0.5, 0.6) is 0 Å². The molecule has 1 heterocycles. The van der Waals surface area contributed by atoms with Gasteiger partial charge in [0.2, 0.25) is 11.8 Å². The lowest BCUT2D eigenvalue weighted by Gasteiger charge is -2.35. The molecule has 1 N–H and O–H groups in total. The normalized spacial score (nSPS) is 14.1. The van der Waals surface area contributed by atoms with Crippen LogP contribution in [0.25, 0.3) is 0 Å². The van der Waals surface area contributed by atoms with Crippen molar-refractivity contribution < 1.29 is 9.59 Å². The second kappa shape index (κ2) is 9.40. The first-order chi connectivity index (χ1) is 13.5. The Hall–Kier alpha value is -2.82. The molecule has 0 spiro atoms. The molecular formula is C23H29N3O2. The summed E-state index contributed by atoms with van der Waals surface area (Å²) < 4.78 is 0. The van der Waals surface area contributed by atoms with Crippen molar-refractivity contribution in [1.82, 2.24) is 4.90 Å². The van der Waals surface area contributed by atoms with Crippen LogP contribution in [0.3, 0.4) is 0 Å². The third kappa shape index (κ3) is 5.59. The molecule has 2 aromatic carbocycles. The summed E-state index contributed by atoms with van der Waals surface area (Å²) in [6, 6.07) is 16.4. The smallest absolute Gasteiger partial charge is 0.224 e. The molecule has 0 unspecified atom stereocenters. The van der Waals surface area contributed by atoms with Gasteiger partial charge in [-0.3, -0.25) is 9.59 Å². The van der Waals surface area contributed by atoms with Crippen molar-refractivity contribution in [2.24, 2.45) is 0 Å². The van der Waals surface area contributed by atoms with Gasteiger partial charge < -0.3 is 15.1 Å². The molecule has 28 heavy (non-hydrogen) atoms. The van der Waals surface area contributed by atoms with E-state index in [9.17, 15) is 9.59 Å². The Balaban J connectivity index is 1.43. The number of carbonyl (C=O) groups is 2. The summed E-state index contributed by atoms with van der Waals surface area (Å²) in [5.74, 6) is 0.190. The summed E-state index contributed by atoms with van der Waals surface area (Å²) in [7, 11) is 0. The van der Waals surface area contributed by atoms with E-state index in [0.29, 0.717) is 6.42 Å². The number of hydrogen-bond donors (Lipinski definition) is 1. The van der Waals surface area contributed by atoms with Crippen molar-refractivity contribution in [3.8, 4) is 0 Å². The number of nitrogens with zero attached hydrogens (tertiary/aromatic N) is 2. The Kier molecular flexibility index (Phi) is 6.69. The fourth-order valence-corrected chi connectivity index (χ4v) is 3.47. The Morgan fingerprint density at radius 1 is 0.929 bits per heavy atom. The first kappa shape index (κ1) is 19.9. The van der Waals surface area contributed by atoms with Crippen LogP contribution < -0.4 is 10.2 Å². The van der Waals surface area contributed by atoms with E-state index < -0.39 is 0 Å². The number of piperazine rings is 1. The number of nitrogens with one attached hydrogen (secondary N) is 1. The van der Waals surface area contributed by atoms with Crippen LogP contribution in [-0.2, 0) is 16.0 Å². The van der Waals surface area contributed by atoms with Gasteiger partial charge in [0.05, 0.1) is 0 Å². The van der Waals surface area contributed by atoms with Crippen molar-refractivity contribution in [3.05, 3.63) is 59.7 Å². The van der Waals surface area contributed by atoms with Gasteiger partial charge in [-0.15, -0.1) is 0 Å². The molecule has 148 valence electrons. The first-order valence-electron chi connectivity index (χ1n) is 9.97. The van der Waals surface area contributed by atoms with E-state index in [4.69, 9.17) is 0 Å². The van der Waals surface area contributed by atoms with Crippen LogP contribution in [0.1, 0.15) is 30.9 Å². The highest BCUT2D eigenvalue weighted by Crippen LogP contribution is 2.20. The quantitative estimate of drug-likeness (QED) is 0.834. The second-order valence-electron chi connectivity index (χ2n) is 7.43. The van der Waals surface area contributed by atoms with Crippen LogP contribution >= 0.6 is 0 Å². The number of hydrogen-bond acceptors (Lipinski definition) is 3. The summed E-state index contributed by atoms with van der Waals surface area (Å²) in [5, 5.41) is 2.98. The average molecular weight is 380 g/mol. The fraction of sp³-hybridized carbons (Fsp3) is 0.391. The highest BCUT2D eigenvalue weighted by Gasteiger charge is 2.18. The largest absolute Gasteiger partial charge is 0.368 e. The highest BCUT2D eigenvalue weighted by atomic mass is 16.2. The molecule has 1 aliphatic heterocycles. The molecule has 2 aromatic rings. The molecule has 0 atom stereocenters. The first-order valence-corrected chi connectivity index (χ1v) is 9.97.